The quantitative estimate of drug-likeness (QED) is 0.778. The molecule has 2 heterocycles. The van der Waals surface area contributed by atoms with E-state index in [1.54, 1.807) is 19.3 Å². The van der Waals surface area contributed by atoms with Crippen molar-refractivity contribution < 1.29 is 13.6 Å². The number of nitrogens with one attached hydrogen (secondary N) is 1. The average Bonchev–Trinajstić information content (AvgIpc) is 3.08. The average molecular weight is 345 g/mol. The molecule has 4 nitrogen and oxygen atoms in total. The minimum absolute atomic E-state index is 0.326. The van der Waals surface area contributed by atoms with Crippen molar-refractivity contribution in [3.05, 3.63) is 70.3 Å². The Hall–Kier alpha value is -2.67. The molecule has 24 heavy (non-hydrogen) atoms. The summed E-state index contributed by atoms with van der Waals surface area (Å²) in [6, 6.07) is 6.02. The summed E-state index contributed by atoms with van der Waals surface area (Å²) < 4.78 is 26.8. The molecule has 7 heteroatoms. The van der Waals surface area contributed by atoms with Gasteiger partial charge in [0.1, 0.15) is 16.6 Å². The first-order valence-electron chi connectivity index (χ1n) is 7.16. The summed E-state index contributed by atoms with van der Waals surface area (Å²) >= 11 is 1.38. The van der Waals surface area contributed by atoms with Crippen LogP contribution >= 0.6 is 11.3 Å². The zero-order chi connectivity index (χ0) is 17.1. The smallest absolute Gasteiger partial charge is 0.254 e. The van der Waals surface area contributed by atoms with Crippen molar-refractivity contribution in [2.75, 3.05) is 0 Å². The van der Waals surface area contributed by atoms with E-state index in [0.29, 0.717) is 5.01 Å². The van der Waals surface area contributed by atoms with Gasteiger partial charge in [-0.15, -0.1) is 11.3 Å². The number of thiazole rings is 1. The second-order valence-electron chi connectivity index (χ2n) is 5.13. The van der Waals surface area contributed by atoms with Crippen molar-refractivity contribution in [2.45, 2.75) is 13.0 Å². The summed E-state index contributed by atoms with van der Waals surface area (Å²) in [4.78, 5) is 20.6. The summed E-state index contributed by atoms with van der Waals surface area (Å²) in [5.74, 6) is -2.11. The minimum Gasteiger partial charge on any atom is -0.343 e. The van der Waals surface area contributed by atoms with Crippen LogP contribution in [-0.4, -0.2) is 15.9 Å². The first-order valence-corrected chi connectivity index (χ1v) is 8.04. The topological polar surface area (TPSA) is 54.9 Å². The monoisotopic (exact) mass is 345 g/mol. The van der Waals surface area contributed by atoms with Crippen molar-refractivity contribution in [2.24, 2.45) is 0 Å². The first-order chi connectivity index (χ1) is 11.5. The fourth-order valence-electron chi connectivity index (χ4n) is 2.15. The molecule has 1 aromatic carbocycles. The normalized spacial score (nSPS) is 12.0. The molecule has 1 unspecified atom stereocenters. The van der Waals surface area contributed by atoms with Gasteiger partial charge in [-0.25, -0.2) is 13.8 Å². The molecule has 0 aliphatic carbocycles. The lowest BCUT2D eigenvalue weighted by Crippen LogP contribution is -2.27. The van der Waals surface area contributed by atoms with Gasteiger partial charge in [0.05, 0.1) is 17.3 Å². The summed E-state index contributed by atoms with van der Waals surface area (Å²) in [5, 5.41) is 5.18. The molecule has 2 aromatic heterocycles. The van der Waals surface area contributed by atoms with Gasteiger partial charge in [-0.3, -0.25) is 9.78 Å². The van der Waals surface area contributed by atoms with Gasteiger partial charge < -0.3 is 5.32 Å². The van der Waals surface area contributed by atoms with Crippen molar-refractivity contribution >= 4 is 17.2 Å². The van der Waals surface area contributed by atoms with E-state index in [1.165, 1.54) is 11.3 Å². The SMILES string of the molecule is CC(NC(=O)c1cc(F)ccc1F)c1nc(-c2ccncc2)cs1. The Bertz CT molecular complexity index is 867. The van der Waals surface area contributed by atoms with Crippen molar-refractivity contribution in [3.8, 4) is 11.3 Å². The van der Waals surface area contributed by atoms with Crippen molar-refractivity contribution in [3.63, 3.8) is 0 Å². The molecule has 1 N–H and O–H groups in total. The predicted octanol–water partition coefficient (Wildman–Crippen LogP) is 3.97. The van der Waals surface area contributed by atoms with Crippen LogP contribution in [0.25, 0.3) is 11.3 Å². The van der Waals surface area contributed by atoms with Gasteiger partial charge in [-0.2, -0.15) is 0 Å². The van der Waals surface area contributed by atoms with Crippen LogP contribution in [0.3, 0.4) is 0 Å². The van der Waals surface area contributed by atoms with Gasteiger partial charge in [0.15, 0.2) is 0 Å². The Morgan fingerprint density at radius 2 is 1.96 bits per heavy atom. The number of benzene rings is 1. The van der Waals surface area contributed by atoms with Crippen LogP contribution in [0.4, 0.5) is 8.78 Å². The van der Waals surface area contributed by atoms with Crippen LogP contribution in [-0.2, 0) is 0 Å². The van der Waals surface area contributed by atoms with E-state index in [4.69, 9.17) is 0 Å². The van der Waals surface area contributed by atoms with Crippen molar-refractivity contribution in [1.29, 1.82) is 0 Å². The molecule has 0 radical (unpaired) electrons. The number of rotatable bonds is 4. The maximum absolute atomic E-state index is 13.7. The Balaban J connectivity index is 1.75. The summed E-state index contributed by atoms with van der Waals surface area (Å²) in [7, 11) is 0. The highest BCUT2D eigenvalue weighted by Gasteiger charge is 2.18. The number of aromatic nitrogens is 2. The largest absolute Gasteiger partial charge is 0.343 e. The van der Waals surface area contributed by atoms with E-state index < -0.39 is 23.6 Å². The lowest BCUT2D eigenvalue weighted by atomic mass is 10.2. The molecular formula is C17H13F2N3OS. The van der Waals surface area contributed by atoms with Gasteiger partial charge in [-0.05, 0) is 37.3 Å². The first kappa shape index (κ1) is 16.2. The Labute approximate surface area is 141 Å². The van der Waals surface area contributed by atoms with E-state index in [0.717, 1.165) is 29.5 Å². The molecule has 0 saturated heterocycles. The third-order valence-corrected chi connectivity index (χ3v) is 4.42. The summed E-state index contributed by atoms with van der Waals surface area (Å²) in [6.45, 7) is 1.74. The highest BCUT2D eigenvalue weighted by atomic mass is 32.1. The molecule has 0 aliphatic rings. The fraction of sp³-hybridized carbons (Fsp3) is 0.118. The molecule has 0 saturated carbocycles. The molecule has 122 valence electrons. The number of pyridine rings is 1. The predicted molar refractivity (Wildman–Crippen MR) is 87.6 cm³/mol. The standard InChI is InChI=1S/C17H13F2N3OS/c1-10(21-16(23)13-8-12(18)2-3-14(13)19)17-22-15(9-24-17)11-4-6-20-7-5-11/h2-10H,1H3,(H,21,23). The van der Waals surface area contributed by atoms with E-state index in [-0.39, 0.29) is 5.56 Å². The summed E-state index contributed by atoms with van der Waals surface area (Å²) in [5.41, 5.74) is 1.37. The van der Waals surface area contributed by atoms with Crippen LogP contribution < -0.4 is 5.32 Å². The zero-order valence-corrected chi connectivity index (χ0v) is 13.5. The fourth-order valence-corrected chi connectivity index (χ4v) is 2.98. The van der Waals surface area contributed by atoms with E-state index in [2.05, 4.69) is 15.3 Å². The number of amides is 1. The van der Waals surface area contributed by atoms with E-state index in [1.807, 2.05) is 17.5 Å². The van der Waals surface area contributed by atoms with Crippen LogP contribution in [0.1, 0.15) is 28.3 Å². The van der Waals surface area contributed by atoms with Crippen LogP contribution in [0, 0.1) is 11.6 Å². The van der Waals surface area contributed by atoms with Crippen LogP contribution in [0.2, 0.25) is 0 Å². The lowest BCUT2D eigenvalue weighted by Gasteiger charge is -2.11. The number of nitrogens with zero attached hydrogens (tertiary/aromatic N) is 2. The number of hydrogen-bond acceptors (Lipinski definition) is 4. The second kappa shape index (κ2) is 6.84. The lowest BCUT2D eigenvalue weighted by molar-refractivity contribution is 0.0935. The third-order valence-electron chi connectivity index (χ3n) is 3.39. The highest BCUT2D eigenvalue weighted by Crippen LogP contribution is 2.25. The number of hydrogen-bond donors (Lipinski definition) is 1. The number of carbonyl (C=O) groups excluding carboxylic acids is 1. The highest BCUT2D eigenvalue weighted by molar-refractivity contribution is 7.10. The van der Waals surface area contributed by atoms with Gasteiger partial charge >= 0.3 is 0 Å². The van der Waals surface area contributed by atoms with Gasteiger partial charge in [0.2, 0.25) is 0 Å². The minimum atomic E-state index is -0.766. The molecule has 0 spiro atoms. The van der Waals surface area contributed by atoms with Gasteiger partial charge in [-0.1, -0.05) is 0 Å². The zero-order valence-electron chi connectivity index (χ0n) is 12.7. The van der Waals surface area contributed by atoms with Crippen molar-refractivity contribution in [1.82, 2.24) is 15.3 Å². The second-order valence-corrected chi connectivity index (χ2v) is 6.02. The molecule has 3 aromatic rings. The van der Waals surface area contributed by atoms with Crippen LogP contribution in [0.5, 0.6) is 0 Å². The van der Waals surface area contributed by atoms with Crippen LogP contribution in [0.15, 0.2) is 48.1 Å². The van der Waals surface area contributed by atoms with Gasteiger partial charge in [0.25, 0.3) is 5.91 Å². The maximum atomic E-state index is 13.7. The molecule has 0 aliphatic heterocycles. The molecular weight excluding hydrogens is 332 g/mol. The molecule has 1 atom stereocenters. The van der Waals surface area contributed by atoms with Gasteiger partial charge in [0, 0.05) is 23.3 Å². The number of halogens is 2. The number of carbonyl (C=O) groups is 1. The third kappa shape index (κ3) is 3.46. The maximum Gasteiger partial charge on any atom is 0.254 e. The molecule has 1 amide bonds. The summed E-state index contributed by atoms with van der Waals surface area (Å²) in [6.07, 6.45) is 3.35. The van der Waals surface area contributed by atoms with E-state index in [9.17, 15) is 13.6 Å². The molecule has 0 fully saturated rings. The van der Waals surface area contributed by atoms with E-state index >= 15 is 0 Å². The Kier molecular flexibility index (Phi) is 4.61. The molecule has 0 bridgehead atoms. The Morgan fingerprint density at radius 1 is 1.21 bits per heavy atom. The molecule has 3 rings (SSSR count). The Morgan fingerprint density at radius 3 is 2.71 bits per heavy atom.